The average molecular weight is 1240 g/mol. The molecule has 5 aromatic heterocycles. The van der Waals surface area contributed by atoms with Crippen molar-refractivity contribution in [2.75, 3.05) is 57.7 Å². The van der Waals surface area contributed by atoms with E-state index in [4.69, 9.17) is 21.1 Å². The average Bonchev–Trinajstić information content (AvgIpc) is 3.58. The molecule has 0 bridgehead atoms. The Labute approximate surface area is 523 Å². The largest absolute Gasteiger partial charge is 0.481 e. The predicted octanol–water partition coefficient (Wildman–Crippen LogP) is 4.55. The Balaban J connectivity index is 0.000000286. The minimum Gasteiger partial charge on any atom is -0.481 e. The normalized spacial score (nSPS) is 13.9. The number of nitrogens with one attached hydrogen (secondary N) is 3. The number of carboxylic acid groups (broad SMARTS) is 1. The van der Waals surface area contributed by atoms with Gasteiger partial charge in [-0.15, -0.1) is 0 Å². The molecule has 23 nitrogen and oxygen atoms in total. The summed E-state index contributed by atoms with van der Waals surface area (Å²) < 4.78 is 26.7. The van der Waals surface area contributed by atoms with Crippen LogP contribution >= 0.6 is 0 Å². The van der Waals surface area contributed by atoms with Crippen LogP contribution in [0.1, 0.15) is 52.1 Å². The first kappa shape index (κ1) is 68.4. The lowest BCUT2D eigenvalue weighted by atomic mass is 10.0. The number of aliphatic hydroxyl groups excluding tert-OH is 5. The molecule has 7 aromatic rings. The number of amides is 3. The summed E-state index contributed by atoms with van der Waals surface area (Å²) >= 11 is 0. The number of hydrogen-bond acceptors (Lipinski definition) is 19. The van der Waals surface area contributed by atoms with Crippen LogP contribution in [0.15, 0.2) is 183 Å². The number of nitrogens with zero attached hydrogens (tertiary/aromatic N) is 8. The number of anilines is 2. The zero-order valence-corrected chi connectivity index (χ0v) is 49.9. The lowest BCUT2D eigenvalue weighted by Gasteiger charge is -2.28. The lowest BCUT2D eigenvalue weighted by molar-refractivity contribution is -0.137. The van der Waals surface area contributed by atoms with Gasteiger partial charge in [0.05, 0.1) is 75.7 Å². The van der Waals surface area contributed by atoms with Gasteiger partial charge >= 0.3 is 5.97 Å². The van der Waals surface area contributed by atoms with Crippen LogP contribution < -0.4 is 16.0 Å². The molecule has 5 atom stereocenters. The number of benzene rings is 2. The maximum Gasteiger partial charge on any atom is 0.307 e. The number of alkyl halides is 1. The van der Waals surface area contributed by atoms with E-state index in [0.29, 0.717) is 55.2 Å². The molecule has 476 valence electrons. The van der Waals surface area contributed by atoms with Crippen LogP contribution in [0.4, 0.5) is 15.8 Å². The number of halogens is 1. The van der Waals surface area contributed by atoms with E-state index in [0.717, 1.165) is 46.1 Å². The fourth-order valence-electron chi connectivity index (χ4n) is 8.99. The van der Waals surface area contributed by atoms with Gasteiger partial charge in [0.2, 0.25) is 17.7 Å². The van der Waals surface area contributed by atoms with E-state index >= 15 is 0 Å². The maximum absolute atomic E-state index is 12.6. The first-order valence-corrected chi connectivity index (χ1v) is 28.7. The van der Waals surface area contributed by atoms with Gasteiger partial charge in [0.25, 0.3) is 0 Å². The lowest BCUT2D eigenvalue weighted by Crippen LogP contribution is -2.50. The molecule has 3 amide bonds. The summed E-state index contributed by atoms with van der Waals surface area (Å²) in [6.45, 7) is 3.15. The Hall–Kier alpha value is -9.08. The highest BCUT2D eigenvalue weighted by atomic mass is 19.1. The topological polar surface area (TPSA) is 318 Å². The minimum atomic E-state index is -1.77. The van der Waals surface area contributed by atoms with Gasteiger partial charge < -0.3 is 61.0 Å². The number of likely N-dealkylation sites (N-methyl/N-ethyl adjacent to an activating group) is 1. The number of carboxylic acids is 1. The molecule has 0 aliphatic carbocycles. The first-order valence-electron chi connectivity index (χ1n) is 29.5. The quantitative estimate of drug-likeness (QED) is 0.0279. The molecule has 1 aliphatic heterocycles. The molecule has 1 aliphatic rings. The number of aliphatic hydroxyl groups is 5. The third-order valence-electron chi connectivity index (χ3n) is 13.6. The molecule has 0 saturated heterocycles. The van der Waals surface area contributed by atoms with Crippen molar-refractivity contribution in [3.63, 3.8) is 0 Å². The van der Waals surface area contributed by atoms with E-state index in [9.17, 15) is 44.0 Å². The Morgan fingerprint density at radius 3 is 1.42 bits per heavy atom. The third-order valence-corrected chi connectivity index (χ3v) is 13.6. The molecular weight excluding hydrogens is 1160 g/mol. The number of pyridine rings is 5. The van der Waals surface area contributed by atoms with Gasteiger partial charge in [-0.3, -0.25) is 58.3 Å². The number of carbonyl (C=O) groups is 4. The predicted molar refractivity (Wildman–Crippen MR) is 334 cm³/mol. The van der Waals surface area contributed by atoms with Gasteiger partial charge in [-0.05, 0) is 107 Å². The van der Waals surface area contributed by atoms with Gasteiger partial charge in [0.1, 0.15) is 37.6 Å². The van der Waals surface area contributed by atoms with Gasteiger partial charge in [0.15, 0.2) is 0 Å². The number of aromatic nitrogens is 5. The van der Waals surface area contributed by atoms with Crippen LogP contribution in [0.25, 0.3) is 0 Å². The zero-order valence-electron chi connectivity index (χ0n) is 50.9. The highest BCUT2D eigenvalue weighted by Gasteiger charge is 2.31. The molecule has 2 aromatic carbocycles. The maximum atomic E-state index is 12.6. The molecular formula is C66H78FN11O12. The van der Waals surface area contributed by atoms with Crippen molar-refractivity contribution in [2.45, 2.75) is 89.2 Å². The Kier molecular flexibility index (Phi) is 29.2. The molecule has 0 fully saturated rings. The van der Waals surface area contributed by atoms with Crippen LogP contribution in [-0.4, -0.2) is 172 Å². The number of hydrogen-bond donors (Lipinski definition) is 9. The smallest absolute Gasteiger partial charge is 0.307 e. The molecule has 9 N–H and O–H groups in total. The first-order chi connectivity index (χ1) is 44.0. The highest BCUT2D eigenvalue weighted by Crippen LogP contribution is 2.17. The summed E-state index contributed by atoms with van der Waals surface area (Å²) in [6.07, 6.45) is 10.2. The van der Waals surface area contributed by atoms with Gasteiger partial charge in [-0.25, -0.2) is 0 Å². The van der Waals surface area contributed by atoms with Gasteiger partial charge in [-0.2, -0.15) is 0 Å². The summed E-state index contributed by atoms with van der Waals surface area (Å²) in [6, 6.07) is 39.0. The van der Waals surface area contributed by atoms with Crippen LogP contribution in [0.2, 0.25) is 0 Å². The fourth-order valence-corrected chi connectivity index (χ4v) is 8.99. The standard InChI is InChI=1S/C36H46N6O8.C29H29N5O4.CH3F/c1-41(21-31(44)35(48)36(49)32(45)22-43)34(47)16-25-8-11-27(12-9-25)40-33(46)24-50-23-26-10-13-30(39-17-26)20-42(18-28-6-2-4-14-37-28)19-29-7-3-5-15-38-29;35-28(33-24-10-7-22(8-11-24)15-29(36)37)21-38-20-23-9-12-27(32-16-23)19-34(17-25-5-1-3-13-30-25)18-26-6-2-4-14-31-26;1-2/h2-15,17,28,31-32,35-37,43-45,48-49H,16,18-24H2,1H3,(H,40,46);1-14,16H,15,17-21H2,(H,33,35)(H,36,37);1H3/t28?,31-,32+,35+,36+;;/m0../s1/i;;1D. The van der Waals surface area contributed by atoms with Crippen molar-refractivity contribution in [1.82, 2.24) is 44.9 Å². The van der Waals surface area contributed by atoms with E-state index in [1.807, 2.05) is 97.2 Å². The van der Waals surface area contributed by atoms with E-state index in [1.54, 1.807) is 79.5 Å². The van der Waals surface area contributed by atoms with Crippen molar-refractivity contribution in [1.29, 1.82) is 0 Å². The molecule has 6 heterocycles. The highest BCUT2D eigenvalue weighted by molar-refractivity contribution is 5.92. The van der Waals surface area contributed by atoms with Crippen molar-refractivity contribution >= 4 is 35.1 Å². The van der Waals surface area contributed by atoms with Crippen molar-refractivity contribution < 1.29 is 65.1 Å². The van der Waals surface area contributed by atoms with Crippen LogP contribution in [0.3, 0.4) is 0 Å². The van der Waals surface area contributed by atoms with E-state index in [1.165, 1.54) is 11.9 Å². The van der Waals surface area contributed by atoms with Gasteiger partial charge in [0, 0.05) is 95.2 Å². The molecule has 8 rings (SSSR count). The third kappa shape index (κ3) is 25.6. The van der Waals surface area contributed by atoms with E-state index in [2.05, 4.69) is 56.7 Å². The molecule has 0 radical (unpaired) electrons. The Morgan fingerprint density at radius 1 is 0.589 bits per heavy atom. The summed E-state index contributed by atoms with van der Waals surface area (Å²) in [4.78, 5) is 76.4. The van der Waals surface area contributed by atoms with E-state index in [-0.39, 0.29) is 69.6 Å². The number of aliphatic carboxylic acids is 1. The molecule has 0 spiro atoms. The van der Waals surface area contributed by atoms with Crippen molar-refractivity contribution in [2.24, 2.45) is 0 Å². The molecule has 0 saturated carbocycles. The zero-order chi connectivity index (χ0) is 65.2. The number of allylic oxidation sites excluding steroid dienone is 2. The van der Waals surface area contributed by atoms with Crippen molar-refractivity contribution in [3.8, 4) is 0 Å². The summed E-state index contributed by atoms with van der Waals surface area (Å²) in [5, 5.41) is 65.9. The number of carbonyl (C=O) groups excluding carboxylic acids is 3. The molecule has 1 unspecified atom stereocenters. The second kappa shape index (κ2) is 38.4. The van der Waals surface area contributed by atoms with Crippen molar-refractivity contribution in [3.05, 3.63) is 234 Å². The molecule has 90 heavy (non-hydrogen) atoms. The summed E-state index contributed by atoms with van der Waals surface area (Å²) in [5.41, 5.74) is 8.86. The van der Waals surface area contributed by atoms with E-state index < -0.39 is 44.1 Å². The number of dihydropyridines is 1. The monoisotopic (exact) mass is 1240 g/mol. The fraction of sp³-hybridized carbons (Fsp3) is 0.318. The summed E-state index contributed by atoms with van der Waals surface area (Å²) in [7, 11) is 0.428. The SMILES string of the molecule is CN(C[C@H](O)[C@@H](O)[C@H](O)[C@H](O)CO)C(=O)Cc1ccc(NC(=O)COCc2ccc(CN(Cc3ccccn3)CC3C=CC=CN3)nc2)cc1.O=C(O)Cc1ccc(NC(=O)COCc2ccc(CN(Cc3ccccn3)Cc3ccccn3)nc2)cc1.[2H]CF. The minimum absolute atomic E-state index is 0.0137. The van der Waals surface area contributed by atoms with Gasteiger partial charge in [-0.1, -0.05) is 66.7 Å². The van der Waals surface area contributed by atoms with Crippen LogP contribution in [0, 0.1) is 0 Å². The summed E-state index contributed by atoms with van der Waals surface area (Å²) in [5.74, 6) is -1.90. The second-order valence-electron chi connectivity index (χ2n) is 20.9. The van der Waals surface area contributed by atoms with Crippen LogP contribution in [-0.2, 0) is 87.4 Å². The molecule has 24 heteroatoms. The Bertz CT molecular complexity index is 3270. The Morgan fingerprint density at radius 2 is 1.02 bits per heavy atom. The number of rotatable bonds is 32. The number of ether oxygens (including phenoxy) is 2. The van der Waals surface area contributed by atoms with Crippen LogP contribution in [0.5, 0.6) is 0 Å². The second-order valence-corrected chi connectivity index (χ2v) is 20.9.